The fourth-order valence-corrected chi connectivity index (χ4v) is 4.12. The van der Waals surface area contributed by atoms with Crippen molar-refractivity contribution in [3.63, 3.8) is 0 Å². The van der Waals surface area contributed by atoms with E-state index < -0.39 is 0 Å². The van der Waals surface area contributed by atoms with Crippen LogP contribution in [0.5, 0.6) is 5.75 Å². The first-order chi connectivity index (χ1) is 11.1. The fourth-order valence-electron chi connectivity index (χ4n) is 3.74. The highest BCUT2D eigenvalue weighted by Gasteiger charge is 2.30. The lowest BCUT2D eigenvalue weighted by molar-refractivity contribution is 0.104. The number of anilines is 1. The van der Waals surface area contributed by atoms with Gasteiger partial charge in [-0.15, -0.1) is 0 Å². The average molecular weight is 383 g/mol. The van der Waals surface area contributed by atoms with Crippen molar-refractivity contribution in [1.29, 1.82) is 0 Å². The summed E-state index contributed by atoms with van der Waals surface area (Å²) in [4.78, 5) is 12.1. The van der Waals surface area contributed by atoms with Gasteiger partial charge in [-0.3, -0.25) is 4.90 Å². The Morgan fingerprint density at radius 3 is 2.61 bits per heavy atom. The number of ether oxygens (including phenoxy) is 1. The van der Waals surface area contributed by atoms with Crippen LogP contribution in [0.25, 0.3) is 0 Å². The Labute approximate surface area is 147 Å². The van der Waals surface area contributed by atoms with Gasteiger partial charge in [-0.25, -0.2) is 4.98 Å². The summed E-state index contributed by atoms with van der Waals surface area (Å²) in [5.41, 5.74) is 0. The first-order valence-corrected chi connectivity index (χ1v) is 9.26. The predicted molar refractivity (Wildman–Crippen MR) is 97.4 cm³/mol. The minimum atomic E-state index is 0.474. The molecule has 2 fully saturated rings. The number of aromatic nitrogens is 1. The summed E-state index contributed by atoms with van der Waals surface area (Å²) in [6, 6.07) is 3.26. The van der Waals surface area contributed by atoms with Crippen molar-refractivity contribution in [3.8, 4) is 5.75 Å². The summed E-state index contributed by atoms with van der Waals surface area (Å²) in [5, 5.41) is 0. The average Bonchev–Trinajstić information content (AvgIpc) is 2.56. The van der Waals surface area contributed by atoms with Crippen molar-refractivity contribution in [2.24, 2.45) is 0 Å². The third-order valence-electron chi connectivity index (χ3n) is 5.18. The number of nitrogens with zero attached hydrogens (tertiary/aromatic N) is 4. The molecule has 0 radical (unpaired) electrons. The molecule has 0 amide bonds. The number of halogens is 1. The number of pyridine rings is 1. The highest BCUT2D eigenvalue weighted by molar-refractivity contribution is 9.10. The van der Waals surface area contributed by atoms with Crippen LogP contribution in [0.15, 0.2) is 16.7 Å². The first kappa shape index (κ1) is 17.0. The number of piperazine rings is 1. The van der Waals surface area contributed by atoms with Crippen molar-refractivity contribution in [1.82, 2.24) is 14.8 Å². The van der Waals surface area contributed by atoms with Crippen LogP contribution in [0.2, 0.25) is 0 Å². The Morgan fingerprint density at radius 1 is 1.22 bits per heavy atom. The van der Waals surface area contributed by atoms with Gasteiger partial charge < -0.3 is 14.5 Å². The van der Waals surface area contributed by atoms with Crippen LogP contribution in [-0.4, -0.2) is 73.7 Å². The number of hydrogen-bond donors (Lipinski definition) is 0. The maximum Gasteiger partial charge on any atom is 0.138 e. The third kappa shape index (κ3) is 3.80. The van der Waals surface area contributed by atoms with Gasteiger partial charge in [0.2, 0.25) is 0 Å². The zero-order chi connectivity index (χ0) is 16.4. The second-order valence-electron chi connectivity index (χ2n) is 6.75. The van der Waals surface area contributed by atoms with Crippen LogP contribution in [0.3, 0.4) is 0 Å². The fraction of sp³-hybridized carbons (Fsp3) is 0.706. The van der Waals surface area contributed by atoms with Crippen molar-refractivity contribution < 1.29 is 4.74 Å². The van der Waals surface area contributed by atoms with E-state index in [4.69, 9.17) is 4.74 Å². The second kappa shape index (κ2) is 7.36. The van der Waals surface area contributed by atoms with E-state index in [1.165, 1.54) is 25.9 Å². The van der Waals surface area contributed by atoms with E-state index in [0.717, 1.165) is 41.7 Å². The molecule has 0 saturated carbocycles. The summed E-state index contributed by atoms with van der Waals surface area (Å²) >= 11 is 3.48. The van der Waals surface area contributed by atoms with Gasteiger partial charge in [-0.05, 0) is 55.8 Å². The monoisotopic (exact) mass is 382 g/mol. The highest BCUT2D eigenvalue weighted by Crippen LogP contribution is 2.30. The van der Waals surface area contributed by atoms with Gasteiger partial charge in [0.15, 0.2) is 0 Å². The summed E-state index contributed by atoms with van der Waals surface area (Å²) in [6.45, 7) is 8.03. The van der Waals surface area contributed by atoms with Gasteiger partial charge in [-0.1, -0.05) is 0 Å². The van der Waals surface area contributed by atoms with Crippen LogP contribution in [0.4, 0.5) is 5.82 Å². The minimum absolute atomic E-state index is 0.474. The summed E-state index contributed by atoms with van der Waals surface area (Å²) in [5.74, 6) is 1.86. The van der Waals surface area contributed by atoms with Crippen molar-refractivity contribution in [2.75, 3.05) is 51.8 Å². The second-order valence-corrected chi connectivity index (χ2v) is 7.60. The van der Waals surface area contributed by atoms with Crippen LogP contribution in [0.1, 0.15) is 19.8 Å². The van der Waals surface area contributed by atoms with Gasteiger partial charge in [0.05, 0.1) is 11.6 Å². The molecule has 128 valence electrons. The molecule has 1 unspecified atom stereocenters. The van der Waals surface area contributed by atoms with Crippen LogP contribution >= 0.6 is 15.9 Å². The Kier molecular flexibility index (Phi) is 5.44. The molecule has 0 spiro atoms. The Morgan fingerprint density at radius 2 is 1.96 bits per heavy atom. The van der Waals surface area contributed by atoms with E-state index in [-0.39, 0.29) is 0 Å². The van der Waals surface area contributed by atoms with E-state index >= 15 is 0 Å². The van der Waals surface area contributed by atoms with Gasteiger partial charge in [-0.2, -0.15) is 0 Å². The van der Waals surface area contributed by atoms with E-state index in [9.17, 15) is 0 Å². The van der Waals surface area contributed by atoms with Gasteiger partial charge >= 0.3 is 0 Å². The number of rotatable bonds is 3. The van der Waals surface area contributed by atoms with Crippen LogP contribution < -0.4 is 9.64 Å². The zero-order valence-corrected chi connectivity index (χ0v) is 15.9. The number of piperidine rings is 1. The topological polar surface area (TPSA) is 31.8 Å². The molecule has 23 heavy (non-hydrogen) atoms. The Hall–Kier alpha value is -0.850. The number of likely N-dealkylation sites (tertiary alicyclic amines) is 1. The van der Waals surface area contributed by atoms with Crippen LogP contribution in [0, 0.1) is 0 Å². The van der Waals surface area contributed by atoms with Crippen molar-refractivity contribution in [3.05, 3.63) is 16.7 Å². The minimum Gasteiger partial charge on any atom is -0.495 e. The normalized spacial score (nSPS) is 24.9. The van der Waals surface area contributed by atoms with E-state index in [1.807, 2.05) is 12.3 Å². The Balaban J connectivity index is 1.64. The summed E-state index contributed by atoms with van der Waals surface area (Å²) in [6.07, 6.45) is 4.44. The summed E-state index contributed by atoms with van der Waals surface area (Å²) in [7, 11) is 3.93. The van der Waals surface area contributed by atoms with E-state index in [2.05, 4.69) is 49.6 Å². The Bertz CT molecular complexity index is 533. The molecule has 6 heteroatoms. The van der Waals surface area contributed by atoms with E-state index in [0.29, 0.717) is 6.04 Å². The molecule has 2 aliphatic heterocycles. The van der Waals surface area contributed by atoms with Gasteiger partial charge in [0, 0.05) is 44.0 Å². The maximum absolute atomic E-state index is 5.41. The standard InChI is InChI=1S/C17H27BrN4O/c1-13-12-21(14-4-6-20(2)7-5-14)8-9-22(13)17-10-16(23-3)15(18)11-19-17/h10-11,13-14H,4-9,12H2,1-3H3. The molecular formula is C17H27BrN4O. The molecule has 0 bridgehead atoms. The molecule has 1 atom stereocenters. The molecule has 0 N–H and O–H groups in total. The van der Waals surface area contributed by atoms with Crippen LogP contribution in [-0.2, 0) is 0 Å². The van der Waals surface area contributed by atoms with Gasteiger partial charge in [0.1, 0.15) is 11.6 Å². The summed E-state index contributed by atoms with van der Waals surface area (Å²) < 4.78 is 6.31. The third-order valence-corrected chi connectivity index (χ3v) is 5.78. The SMILES string of the molecule is COc1cc(N2CCN(C3CCN(C)CC3)CC2C)ncc1Br. The molecule has 1 aromatic rings. The molecule has 3 heterocycles. The number of hydrogen-bond acceptors (Lipinski definition) is 5. The zero-order valence-electron chi connectivity index (χ0n) is 14.3. The van der Waals surface area contributed by atoms with Crippen molar-refractivity contribution in [2.45, 2.75) is 31.8 Å². The predicted octanol–water partition coefficient (Wildman–Crippen LogP) is 2.46. The molecule has 5 nitrogen and oxygen atoms in total. The molecule has 2 aliphatic rings. The molecular weight excluding hydrogens is 356 g/mol. The molecule has 1 aromatic heterocycles. The lowest BCUT2D eigenvalue weighted by Gasteiger charge is -2.45. The highest BCUT2D eigenvalue weighted by atomic mass is 79.9. The smallest absolute Gasteiger partial charge is 0.138 e. The van der Waals surface area contributed by atoms with E-state index in [1.54, 1.807) is 7.11 Å². The van der Waals surface area contributed by atoms with Crippen molar-refractivity contribution >= 4 is 21.7 Å². The molecule has 2 saturated heterocycles. The van der Waals surface area contributed by atoms with Gasteiger partial charge in [0.25, 0.3) is 0 Å². The maximum atomic E-state index is 5.41. The molecule has 0 aromatic carbocycles. The molecule has 3 rings (SSSR count). The molecule has 0 aliphatic carbocycles. The first-order valence-electron chi connectivity index (χ1n) is 8.47. The lowest BCUT2D eigenvalue weighted by atomic mass is 10.0. The largest absolute Gasteiger partial charge is 0.495 e. The lowest BCUT2D eigenvalue weighted by Crippen LogP contribution is -2.56. The number of methoxy groups -OCH3 is 1. The quantitative estimate of drug-likeness (QED) is 0.801.